The fourth-order valence-corrected chi connectivity index (χ4v) is 5.71. The number of rotatable bonds is 11. The van der Waals surface area contributed by atoms with Crippen molar-refractivity contribution in [3.63, 3.8) is 0 Å². The van der Waals surface area contributed by atoms with Gasteiger partial charge < -0.3 is 14.0 Å². The number of H-pyrrole nitrogens is 1. The number of imidazole rings is 1. The molecule has 0 saturated heterocycles. The molecule has 0 bridgehead atoms. The van der Waals surface area contributed by atoms with E-state index >= 15 is 0 Å². The van der Waals surface area contributed by atoms with Crippen LogP contribution in [0.1, 0.15) is 48.7 Å². The number of unbranched alkanes of at least 4 members (excludes halogenated alkanes) is 1. The highest BCUT2D eigenvalue weighted by Gasteiger charge is 2.26. The smallest absolute Gasteiger partial charge is 0.205 e. The Bertz CT molecular complexity index is 1810. The Labute approximate surface area is 250 Å². The van der Waals surface area contributed by atoms with Crippen molar-refractivity contribution in [2.75, 3.05) is 14.2 Å². The molecule has 3 aromatic carbocycles. The Balaban J connectivity index is 1.44. The Morgan fingerprint density at radius 3 is 2.23 bits per heavy atom. The molecule has 0 amide bonds. The number of hydrogen-bond acceptors (Lipinski definition) is 7. The van der Waals surface area contributed by atoms with Crippen LogP contribution in [-0.4, -0.2) is 49.4 Å². The molecule has 9 nitrogen and oxygen atoms in total. The van der Waals surface area contributed by atoms with E-state index in [9.17, 15) is 0 Å². The van der Waals surface area contributed by atoms with E-state index in [2.05, 4.69) is 74.6 Å². The van der Waals surface area contributed by atoms with Gasteiger partial charge >= 0.3 is 0 Å². The van der Waals surface area contributed by atoms with Crippen LogP contribution in [0.25, 0.3) is 44.8 Å². The van der Waals surface area contributed by atoms with Gasteiger partial charge in [-0.2, -0.15) is 5.21 Å². The van der Waals surface area contributed by atoms with Crippen molar-refractivity contribution in [3.05, 3.63) is 102 Å². The quantitative estimate of drug-likeness (QED) is 0.168. The molecule has 0 fully saturated rings. The predicted molar refractivity (Wildman–Crippen MR) is 167 cm³/mol. The summed E-state index contributed by atoms with van der Waals surface area (Å²) in [5, 5.41) is 14.7. The van der Waals surface area contributed by atoms with Gasteiger partial charge in [0.15, 0.2) is 11.9 Å². The van der Waals surface area contributed by atoms with Crippen molar-refractivity contribution in [2.45, 2.75) is 45.9 Å². The molecule has 0 aliphatic carbocycles. The fraction of sp³-hybridized carbons (Fsp3) is 0.265. The lowest BCUT2D eigenvalue weighted by atomic mass is 9.97. The van der Waals surface area contributed by atoms with Gasteiger partial charge in [0.1, 0.15) is 11.3 Å². The summed E-state index contributed by atoms with van der Waals surface area (Å²) >= 11 is 0. The monoisotopic (exact) mass is 573 g/mol. The van der Waals surface area contributed by atoms with Crippen LogP contribution in [0.3, 0.4) is 0 Å². The summed E-state index contributed by atoms with van der Waals surface area (Å²) in [6, 6.07) is 27.0. The lowest BCUT2D eigenvalue weighted by Crippen LogP contribution is -2.10. The van der Waals surface area contributed by atoms with Crippen LogP contribution in [0.4, 0.5) is 0 Å². The molecule has 3 heterocycles. The molecule has 43 heavy (non-hydrogen) atoms. The lowest BCUT2D eigenvalue weighted by molar-refractivity contribution is -0.104. The summed E-state index contributed by atoms with van der Waals surface area (Å²) in [6.07, 6.45) is 2.38. The Kier molecular flexibility index (Phi) is 8.35. The Morgan fingerprint density at radius 2 is 1.56 bits per heavy atom. The highest BCUT2D eigenvalue weighted by atomic mass is 16.7. The maximum absolute atomic E-state index is 5.84. The van der Waals surface area contributed by atoms with Gasteiger partial charge in [0.25, 0.3) is 0 Å². The second kappa shape index (κ2) is 12.6. The molecule has 6 aromatic rings. The molecule has 0 unspecified atom stereocenters. The summed E-state index contributed by atoms with van der Waals surface area (Å²) in [6.45, 7) is 4.89. The Morgan fingerprint density at radius 1 is 0.837 bits per heavy atom. The largest absolute Gasteiger partial charge is 0.352 e. The molecule has 218 valence electrons. The number of aromatic amines is 1. The standard InChI is InChI=1S/C34H35N7O2/c1-5-6-16-28-36-31-30(34(42-3)43-4)29(25-12-8-7-9-13-25)22(2)35-33(31)41(28)21-23-17-19-24(20-18-23)26-14-10-11-15-27(26)32-37-39-40-38-32/h7-15,17-20,34H,5-6,16,21H2,1-4H3,(H,37,38,39,40). The number of fused-ring (bicyclic) bond motifs is 1. The van der Waals surface area contributed by atoms with Crippen LogP contribution in [0.2, 0.25) is 0 Å². The second-order valence-electron chi connectivity index (χ2n) is 10.5. The third-order valence-corrected chi connectivity index (χ3v) is 7.78. The number of benzene rings is 3. The minimum atomic E-state index is -0.583. The van der Waals surface area contributed by atoms with Gasteiger partial charge in [0.2, 0.25) is 5.82 Å². The van der Waals surface area contributed by atoms with Gasteiger partial charge in [-0.15, -0.1) is 10.2 Å². The molecule has 0 spiro atoms. The summed E-state index contributed by atoms with van der Waals surface area (Å²) in [5.74, 6) is 1.58. The number of aromatic nitrogens is 7. The van der Waals surface area contributed by atoms with E-state index in [1.54, 1.807) is 14.2 Å². The number of nitrogens with zero attached hydrogens (tertiary/aromatic N) is 6. The number of pyridine rings is 1. The predicted octanol–water partition coefficient (Wildman–Crippen LogP) is 6.94. The first kappa shape index (κ1) is 28.4. The fourth-order valence-electron chi connectivity index (χ4n) is 5.71. The SMILES string of the molecule is CCCCc1nc2c(C(OC)OC)c(-c3ccccc3)c(C)nc2n1Cc1ccc(-c2ccccc2-c2nn[nH]n2)cc1. The van der Waals surface area contributed by atoms with E-state index in [0.29, 0.717) is 12.4 Å². The number of hydrogen-bond donors (Lipinski definition) is 1. The van der Waals surface area contributed by atoms with E-state index in [4.69, 9.17) is 19.4 Å². The lowest BCUT2D eigenvalue weighted by Gasteiger charge is -2.20. The van der Waals surface area contributed by atoms with Crippen molar-refractivity contribution >= 4 is 11.2 Å². The maximum Gasteiger partial charge on any atom is 0.205 e. The third kappa shape index (κ3) is 5.57. The number of methoxy groups -OCH3 is 2. The minimum absolute atomic E-state index is 0.572. The van der Waals surface area contributed by atoms with E-state index in [0.717, 1.165) is 80.9 Å². The molecule has 0 aliphatic heterocycles. The number of aryl methyl sites for hydroxylation is 2. The average Bonchev–Trinajstić information content (AvgIpc) is 3.70. The van der Waals surface area contributed by atoms with E-state index in [1.165, 1.54) is 0 Å². The maximum atomic E-state index is 5.84. The van der Waals surface area contributed by atoms with E-state index in [1.807, 2.05) is 43.3 Å². The third-order valence-electron chi connectivity index (χ3n) is 7.78. The molecule has 0 radical (unpaired) electrons. The first-order valence-corrected chi connectivity index (χ1v) is 14.6. The van der Waals surface area contributed by atoms with Gasteiger partial charge in [-0.05, 0) is 40.8 Å². The minimum Gasteiger partial charge on any atom is -0.352 e. The van der Waals surface area contributed by atoms with Gasteiger partial charge in [-0.1, -0.05) is 92.2 Å². The van der Waals surface area contributed by atoms with Crippen molar-refractivity contribution in [1.82, 2.24) is 35.2 Å². The van der Waals surface area contributed by atoms with Gasteiger partial charge in [0.05, 0.1) is 6.54 Å². The number of nitrogens with one attached hydrogen (secondary N) is 1. The van der Waals surface area contributed by atoms with E-state index in [-0.39, 0.29) is 0 Å². The zero-order chi connectivity index (χ0) is 29.8. The van der Waals surface area contributed by atoms with Gasteiger partial charge in [-0.25, -0.2) is 9.97 Å². The van der Waals surface area contributed by atoms with Crippen molar-refractivity contribution < 1.29 is 9.47 Å². The van der Waals surface area contributed by atoms with Crippen LogP contribution >= 0.6 is 0 Å². The number of tetrazole rings is 1. The normalized spacial score (nSPS) is 11.6. The Hall–Kier alpha value is -4.73. The van der Waals surface area contributed by atoms with Crippen LogP contribution in [0, 0.1) is 6.92 Å². The molecule has 0 atom stereocenters. The van der Waals surface area contributed by atoms with Crippen LogP contribution < -0.4 is 0 Å². The summed E-state index contributed by atoms with van der Waals surface area (Å²) in [7, 11) is 3.33. The summed E-state index contributed by atoms with van der Waals surface area (Å²) < 4.78 is 13.9. The zero-order valence-corrected chi connectivity index (χ0v) is 24.9. The van der Waals surface area contributed by atoms with Crippen molar-refractivity contribution in [1.29, 1.82) is 0 Å². The molecule has 3 aromatic heterocycles. The average molecular weight is 574 g/mol. The van der Waals surface area contributed by atoms with Crippen molar-refractivity contribution in [3.8, 4) is 33.6 Å². The molecule has 0 aliphatic rings. The van der Waals surface area contributed by atoms with Gasteiger partial charge in [0, 0.05) is 43.0 Å². The molecular weight excluding hydrogens is 538 g/mol. The summed E-state index contributed by atoms with van der Waals surface area (Å²) in [5.41, 5.74) is 9.74. The molecule has 1 N–H and O–H groups in total. The van der Waals surface area contributed by atoms with Crippen molar-refractivity contribution in [2.24, 2.45) is 0 Å². The summed E-state index contributed by atoms with van der Waals surface area (Å²) in [4.78, 5) is 10.4. The highest BCUT2D eigenvalue weighted by Crippen LogP contribution is 2.38. The first-order chi connectivity index (χ1) is 21.1. The topological polar surface area (TPSA) is 104 Å². The second-order valence-corrected chi connectivity index (χ2v) is 10.5. The first-order valence-electron chi connectivity index (χ1n) is 14.6. The van der Waals surface area contributed by atoms with Crippen LogP contribution in [0.5, 0.6) is 0 Å². The molecule has 9 heteroatoms. The molecule has 0 saturated carbocycles. The van der Waals surface area contributed by atoms with Crippen LogP contribution in [-0.2, 0) is 22.4 Å². The molecular formula is C34H35N7O2. The highest BCUT2D eigenvalue weighted by molar-refractivity contribution is 5.86. The zero-order valence-electron chi connectivity index (χ0n) is 24.9. The van der Waals surface area contributed by atoms with Gasteiger partial charge in [-0.3, -0.25) is 0 Å². The van der Waals surface area contributed by atoms with E-state index < -0.39 is 6.29 Å². The molecule has 6 rings (SSSR count). The van der Waals surface area contributed by atoms with Crippen LogP contribution in [0.15, 0.2) is 78.9 Å². The number of ether oxygens (including phenoxy) is 2.